The van der Waals surface area contributed by atoms with E-state index in [1.807, 2.05) is 30.3 Å². The first-order chi connectivity index (χ1) is 19.8. The average molecular weight is 570 g/mol. The van der Waals surface area contributed by atoms with E-state index in [1.165, 1.54) is 12.3 Å². The minimum absolute atomic E-state index is 0.0523. The molecule has 2 aromatic rings. The van der Waals surface area contributed by atoms with E-state index < -0.39 is 30.1 Å². The van der Waals surface area contributed by atoms with Crippen molar-refractivity contribution in [3.63, 3.8) is 0 Å². The number of alkyl halides is 3. The lowest BCUT2D eigenvalue weighted by molar-refractivity contribution is -0.203. The Kier molecular flexibility index (Phi) is 8.53. The minimum Gasteiger partial charge on any atom is -0.375 e. The van der Waals surface area contributed by atoms with E-state index >= 15 is 0 Å². The number of fused-ring (bicyclic) bond motifs is 1. The molecule has 2 unspecified atom stereocenters. The van der Waals surface area contributed by atoms with Gasteiger partial charge in [-0.3, -0.25) is 19.9 Å². The van der Waals surface area contributed by atoms with Gasteiger partial charge in [-0.25, -0.2) is 10.4 Å². The number of rotatable bonds is 7. The molecule has 3 aliphatic rings. The Hall–Kier alpha value is -3.99. The van der Waals surface area contributed by atoms with E-state index in [9.17, 15) is 22.8 Å². The molecule has 5 rings (SSSR count). The molecule has 0 bridgehead atoms. The summed E-state index contributed by atoms with van der Waals surface area (Å²) in [5.74, 6) is -2.65. The molecule has 4 heterocycles. The molecule has 3 atom stereocenters. The molecule has 2 saturated heterocycles. The zero-order valence-electron chi connectivity index (χ0n) is 22.2. The van der Waals surface area contributed by atoms with Gasteiger partial charge in [0, 0.05) is 57.6 Å². The maximum atomic E-state index is 13.9. The highest BCUT2D eigenvalue weighted by Crippen LogP contribution is 2.41. The van der Waals surface area contributed by atoms with Crippen LogP contribution in [0.4, 0.5) is 19.0 Å². The number of pyridine rings is 1. The molecule has 0 spiro atoms. The standard InChI is InChI=1S/C28H30F3N7O3/c29-28(30,31)26-22(16-34-35-27(26)40)38-17-20-4-1-2-5-21(20)23(38)18-41-13-3-6-25(39)37-11-9-36(10-12-37)24-8-7-19(14-32)15-33-24/h1-8,15,22-23,26,34H,9-13,16-18H2,(H,35,40)/b6-3-/t22?,23-,26?/m0/s1. The number of amides is 2. The Morgan fingerprint density at radius 1 is 1.17 bits per heavy atom. The highest BCUT2D eigenvalue weighted by Gasteiger charge is 2.54. The quantitative estimate of drug-likeness (QED) is 0.384. The van der Waals surface area contributed by atoms with Crippen LogP contribution >= 0.6 is 0 Å². The first kappa shape index (κ1) is 28.5. The molecule has 2 fully saturated rings. The largest absolute Gasteiger partial charge is 0.402 e. The van der Waals surface area contributed by atoms with Gasteiger partial charge in [-0.15, -0.1) is 0 Å². The number of carbonyl (C=O) groups excluding carboxylic acids is 2. The molecule has 0 radical (unpaired) electrons. The number of nitriles is 1. The molecule has 0 aliphatic carbocycles. The number of aromatic nitrogens is 1. The van der Waals surface area contributed by atoms with E-state index in [1.54, 1.807) is 28.0 Å². The highest BCUT2D eigenvalue weighted by atomic mass is 19.4. The Morgan fingerprint density at radius 3 is 2.66 bits per heavy atom. The second kappa shape index (κ2) is 12.3. The first-order valence-corrected chi connectivity index (χ1v) is 13.3. The van der Waals surface area contributed by atoms with Gasteiger partial charge in [0.15, 0.2) is 5.92 Å². The number of carbonyl (C=O) groups is 2. The zero-order chi connectivity index (χ0) is 29.0. The molecule has 1 aromatic carbocycles. The summed E-state index contributed by atoms with van der Waals surface area (Å²) >= 11 is 0. The van der Waals surface area contributed by atoms with Crippen molar-refractivity contribution in [3.8, 4) is 6.07 Å². The maximum absolute atomic E-state index is 13.9. The third kappa shape index (κ3) is 6.35. The Labute approximate surface area is 235 Å². The van der Waals surface area contributed by atoms with Crippen molar-refractivity contribution in [1.82, 2.24) is 25.6 Å². The second-order valence-electron chi connectivity index (χ2n) is 10.1. The lowest BCUT2D eigenvalue weighted by atomic mass is 9.94. The lowest BCUT2D eigenvalue weighted by Crippen LogP contribution is -2.64. The van der Waals surface area contributed by atoms with Gasteiger partial charge in [0.2, 0.25) is 11.8 Å². The van der Waals surface area contributed by atoms with E-state index in [4.69, 9.17) is 10.00 Å². The monoisotopic (exact) mass is 569 g/mol. The van der Waals surface area contributed by atoms with Crippen LogP contribution in [0.5, 0.6) is 0 Å². The number of halogens is 3. The van der Waals surface area contributed by atoms with Crippen LogP contribution in [0.2, 0.25) is 0 Å². The Balaban J connectivity index is 1.15. The van der Waals surface area contributed by atoms with Gasteiger partial charge in [-0.1, -0.05) is 30.3 Å². The predicted octanol–water partition coefficient (Wildman–Crippen LogP) is 1.91. The van der Waals surface area contributed by atoms with Crippen LogP contribution < -0.4 is 15.8 Å². The summed E-state index contributed by atoms with van der Waals surface area (Å²) < 4.78 is 47.4. The van der Waals surface area contributed by atoms with Crippen molar-refractivity contribution in [2.24, 2.45) is 5.92 Å². The number of nitrogens with zero attached hydrogens (tertiary/aromatic N) is 5. The predicted molar refractivity (Wildman–Crippen MR) is 142 cm³/mol. The maximum Gasteiger partial charge on any atom is 0.402 e. The number of piperazine rings is 1. The molecule has 41 heavy (non-hydrogen) atoms. The van der Waals surface area contributed by atoms with Crippen molar-refractivity contribution in [2.75, 3.05) is 50.8 Å². The number of ether oxygens (including phenoxy) is 1. The fourth-order valence-corrected chi connectivity index (χ4v) is 5.61. The summed E-state index contributed by atoms with van der Waals surface area (Å²) in [5.41, 5.74) is 6.96. The molecular weight excluding hydrogens is 539 g/mol. The first-order valence-electron chi connectivity index (χ1n) is 13.3. The van der Waals surface area contributed by atoms with Gasteiger partial charge in [0.25, 0.3) is 0 Å². The molecule has 13 heteroatoms. The topological polar surface area (TPSA) is 114 Å². The van der Waals surface area contributed by atoms with Crippen molar-refractivity contribution >= 4 is 17.6 Å². The summed E-state index contributed by atoms with van der Waals surface area (Å²) in [4.78, 5) is 34.6. The van der Waals surface area contributed by atoms with Gasteiger partial charge in [-0.2, -0.15) is 18.4 Å². The Morgan fingerprint density at radius 2 is 1.95 bits per heavy atom. The van der Waals surface area contributed by atoms with Crippen molar-refractivity contribution in [2.45, 2.75) is 24.8 Å². The van der Waals surface area contributed by atoms with Crippen LogP contribution in [0, 0.1) is 17.2 Å². The van der Waals surface area contributed by atoms with Gasteiger partial charge in [0.05, 0.1) is 24.8 Å². The molecule has 2 N–H and O–H groups in total. The van der Waals surface area contributed by atoms with Gasteiger partial charge in [-0.05, 0) is 23.3 Å². The van der Waals surface area contributed by atoms with E-state index in [0.717, 1.165) is 16.9 Å². The third-order valence-electron chi connectivity index (χ3n) is 7.68. The number of anilines is 1. The number of hydrazine groups is 1. The molecule has 0 saturated carbocycles. The van der Waals surface area contributed by atoms with Gasteiger partial charge >= 0.3 is 6.18 Å². The third-order valence-corrected chi connectivity index (χ3v) is 7.68. The molecule has 1 aromatic heterocycles. The molecule has 3 aliphatic heterocycles. The van der Waals surface area contributed by atoms with Crippen LogP contribution in [0.3, 0.4) is 0 Å². The van der Waals surface area contributed by atoms with E-state index in [0.29, 0.717) is 31.7 Å². The number of benzene rings is 1. The lowest BCUT2D eigenvalue weighted by Gasteiger charge is -2.41. The number of nitrogens with one attached hydrogen (secondary N) is 2. The molecule has 2 amide bonds. The van der Waals surface area contributed by atoms with Crippen LogP contribution in [-0.4, -0.2) is 84.8 Å². The molecule has 10 nitrogen and oxygen atoms in total. The number of hydrogen-bond donors (Lipinski definition) is 2. The minimum atomic E-state index is -4.69. The highest BCUT2D eigenvalue weighted by molar-refractivity contribution is 5.87. The van der Waals surface area contributed by atoms with Crippen molar-refractivity contribution in [1.29, 1.82) is 5.26 Å². The average Bonchev–Trinajstić information content (AvgIpc) is 3.34. The van der Waals surface area contributed by atoms with E-state index in [2.05, 4.69) is 20.7 Å². The molecule has 216 valence electrons. The van der Waals surface area contributed by atoms with Crippen molar-refractivity contribution < 1.29 is 27.5 Å². The fraction of sp³-hybridized carbons (Fsp3) is 0.429. The molecular formula is C28H30F3N7O3. The Bertz CT molecular complexity index is 1320. The van der Waals surface area contributed by atoms with Crippen LogP contribution in [-0.2, 0) is 20.9 Å². The van der Waals surface area contributed by atoms with Gasteiger partial charge in [0.1, 0.15) is 11.9 Å². The second-order valence-corrected chi connectivity index (χ2v) is 10.1. The normalized spacial score (nSPS) is 23.4. The summed E-state index contributed by atoms with van der Waals surface area (Å²) in [6, 6.07) is 11.4. The summed E-state index contributed by atoms with van der Waals surface area (Å²) in [5, 5.41) is 8.93. The van der Waals surface area contributed by atoms with E-state index in [-0.39, 0.29) is 32.2 Å². The summed E-state index contributed by atoms with van der Waals surface area (Å²) in [7, 11) is 0. The van der Waals surface area contributed by atoms with Crippen LogP contribution in [0.25, 0.3) is 0 Å². The zero-order valence-corrected chi connectivity index (χ0v) is 22.2. The van der Waals surface area contributed by atoms with Gasteiger partial charge < -0.3 is 14.5 Å². The van der Waals surface area contributed by atoms with Crippen molar-refractivity contribution in [3.05, 3.63) is 71.4 Å². The fourth-order valence-electron chi connectivity index (χ4n) is 5.61. The summed E-state index contributed by atoms with van der Waals surface area (Å²) in [6.45, 7) is 2.69. The SMILES string of the molecule is N#Cc1ccc(N2CCN(C(=O)/C=C\COC[C@H]3c4ccccc4CN3C3CNNC(=O)C3C(F)(F)F)CC2)nc1. The van der Waals surface area contributed by atoms with Crippen LogP contribution in [0.1, 0.15) is 22.7 Å². The summed E-state index contributed by atoms with van der Waals surface area (Å²) in [6.07, 6.45) is -0.109. The van der Waals surface area contributed by atoms with Crippen LogP contribution in [0.15, 0.2) is 54.7 Å². The number of hydrogen-bond acceptors (Lipinski definition) is 8. The smallest absolute Gasteiger partial charge is 0.375 e.